The minimum Gasteiger partial charge on any atom is -0.456 e. The fraction of sp³-hybridized carbons (Fsp3) is 0.435. The molecule has 25 heavy (non-hydrogen) atoms. The summed E-state index contributed by atoms with van der Waals surface area (Å²) in [6.07, 6.45) is 2.00. The minimum atomic E-state index is -0.0590. The maximum absolute atomic E-state index is 13.2. The molecule has 0 N–H and O–H groups in total. The van der Waals surface area contributed by atoms with E-state index in [1.165, 1.54) is 5.56 Å². The highest BCUT2D eigenvalue weighted by atomic mass is 16.3. The molecule has 0 saturated heterocycles. The molecular formula is C23H28O2. The largest absolute Gasteiger partial charge is 0.456 e. The van der Waals surface area contributed by atoms with Crippen molar-refractivity contribution < 1.29 is 4.42 Å². The zero-order chi connectivity index (χ0) is 18.4. The molecule has 0 radical (unpaired) electrons. The first-order valence-corrected chi connectivity index (χ1v) is 9.22. The number of benzene rings is 2. The molecule has 3 aromatic rings. The lowest BCUT2D eigenvalue weighted by Crippen LogP contribution is -2.21. The second-order valence-corrected chi connectivity index (χ2v) is 8.30. The van der Waals surface area contributed by atoms with Crippen molar-refractivity contribution in [3.8, 4) is 0 Å². The summed E-state index contributed by atoms with van der Waals surface area (Å²) in [5.41, 5.74) is 3.77. The van der Waals surface area contributed by atoms with Crippen LogP contribution in [0.2, 0.25) is 0 Å². The van der Waals surface area contributed by atoms with E-state index >= 15 is 0 Å². The van der Waals surface area contributed by atoms with Crippen molar-refractivity contribution in [3.63, 3.8) is 0 Å². The van der Waals surface area contributed by atoms with Crippen LogP contribution in [-0.2, 0) is 10.8 Å². The third-order valence-electron chi connectivity index (χ3n) is 5.96. The van der Waals surface area contributed by atoms with Crippen LogP contribution in [0.3, 0.4) is 0 Å². The Bertz CT molecular complexity index is 990. The molecule has 0 atom stereocenters. The Balaban J connectivity index is 2.51. The molecule has 0 fully saturated rings. The van der Waals surface area contributed by atoms with Gasteiger partial charge in [-0.15, -0.1) is 0 Å². The molecule has 1 aromatic heterocycles. The predicted octanol–water partition coefficient (Wildman–Crippen LogP) is 6.32. The Morgan fingerprint density at radius 1 is 0.880 bits per heavy atom. The second kappa shape index (κ2) is 6.01. The number of para-hydroxylation sites is 1. The molecule has 0 amide bonds. The number of rotatable bonds is 4. The van der Waals surface area contributed by atoms with Crippen LogP contribution in [0.1, 0.15) is 65.5 Å². The molecule has 0 aliphatic heterocycles. The summed E-state index contributed by atoms with van der Waals surface area (Å²) in [7, 11) is 0. The summed E-state index contributed by atoms with van der Waals surface area (Å²) >= 11 is 0. The van der Waals surface area contributed by atoms with Crippen LogP contribution >= 0.6 is 0 Å². The monoisotopic (exact) mass is 336 g/mol. The molecule has 0 saturated carbocycles. The van der Waals surface area contributed by atoms with Gasteiger partial charge in [-0.1, -0.05) is 59.7 Å². The summed E-state index contributed by atoms with van der Waals surface area (Å²) in [6, 6.07) is 11.8. The number of fused-ring (bicyclic) bond motifs is 2. The Labute approximate surface area is 149 Å². The van der Waals surface area contributed by atoms with E-state index in [1.54, 1.807) is 0 Å². The molecule has 0 aliphatic carbocycles. The van der Waals surface area contributed by atoms with Crippen molar-refractivity contribution in [1.29, 1.82) is 0 Å². The zero-order valence-corrected chi connectivity index (χ0v) is 16.2. The summed E-state index contributed by atoms with van der Waals surface area (Å²) in [6.45, 7) is 13.3. The highest BCUT2D eigenvalue weighted by molar-refractivity contribution is 5.92. The average Bonchev–Trinajstić information content (AvgIpc) is 2.61. The number of hydrogen-bond acceptors (Lipinski definition) is 2. The first-order valence-electron chi connectivity index (χ1n) is 9.22. The Morgan fingerprint density at radius 2 is 1.52 bits per heavy atom. The minimum absolute atomic E-state index is 0.0187. The quantitative estimate of drug-likeness (QED) is 0.522. The molecule has 0 spiro atoms. The topological polar surface area (TPSA) is 30.2 Å². The smallest absolute Gasteiger partial charge is 0.200 e. The molecule has 0 aliphatic rings. The molecule has 1 heterocycles. The zero-order valence-electron chi connectivity index (χ0n) is 16.2. The Hall–Kier alpha value is -2.09. The SMILES string of the molecule is CCC(C)(C)c1cc(C(C)(C)CC)c2oc3ccccc3c(=O)c2c1. The average molecular weight is 336 g/mol. The Morgan fingerprint density at radius 3 is 2.16 bits per heavy atom. The molecular weight excluding hydrogens is 308 g/mol. The van der Waals surface area contributed by atoms with Crippen LogP contribution in [0.4, 0.5) is 0 Å². The van der Waals surface area contributed by atoms with Gasteiger partial charge in [0.1, 0.15) is 11.2 Å². The van der Waals surface area contributed by atoms with Crippen LogP contribution in [0.25, 0.3) is 21.9 Å². The predicted molar refractivity (Wildman–Crippen MR) is 107 cm³/mol. The molecule has 0 unspecified atom stereocenters. The lowest BCUT2D eigenvalue weighted by atomic mass is 9.75. The van der Waals surface area contributed by atoms with Crippen LogP contribution < -0.4 is 5.43 Å². The Kier molecular flexibility index (Phi) is 4.26. The summed E-state index contributed by atoms with van der Waals surface area (Å²) in [5.74, 6) is 0. The van der Waals surface area contributed by atoms with Crippen molar-refractivity contribution in [2.45, 2.75) is 65.2 Å². The van der Waals surface area contributed by atoms with Gasteiger partial charge in [-0.25, -0.2) is 0 Å². The standard InChI is InChI=1S/C23H28O2/c1-7-22(3,4)15-13-17-20(24)16-11-9-10-12-19(16)25-21(17)18(14-15)23(5,6)8-2/h9-14H,7-8H2,1-6H3. The fourth-order valence-electron chi connectivity index (χ4n) is 3.19. The van der Waals surface area contributed by atoms with E-state index in [0.29, 0.717) is 16.4 Å². The third-order valence-corrected chi connectivity index (χ3v) is 5.96. The van der Waals surface area contributed by atoms with Gasteiger partial charge in [0, 0.05) is 5.56 Å². The second-order valence-electron chi connectivity index (χ2n) is 8.30. The lowest BCUT2D eigenvalue weighted by molar-refractivity contribution is 0.485. The van der Waals surface area contributed by atoms with Crippen molar-refractivity contribution >= 4 is 21.9 Å². The molecule has 2 aromatic carbocycles. The maximum Gasteiger partial charge on any atom is 0.200 e. The van der Waals surface area contributed by atoms with Crippen LogP contribution in [-0.4, -0.2) is 0 Å². The van der Waals surface area contributed by atoms with E-state index < -0.39 is 0 Å². The van der Waals surface area contributed by atoms with Gasteiger partial charge in [0.2, 0.25) is 5.43 Å². The lowest BCUT2D eigenvalue weighted by Gasteiger charge is -2.29. The van der Waals surface area contributed by atoms with Gasteiger partial charge in [0.05, 0.1) is 10.8 Å². The van der Waals surface area contributed by atoms with Crippen LogP contribution in [0.15, 0.2) is 45.6 Å². The van der Waals surface area contributed by atoms with Crippen LogP contribution in [0.5, 0.6) is 0 Å². The van der Waals surface area contributed by atoms with E-state index in [9.17, 15) is 4.79 Å². The molecule has 2 nitrogen and oxygen atoms in total. The first-order chi connectivity index (χ1) is 11.7. The van der Waals surface area contributed by atoms with Gasteiger partial charge in [0.25, 0.3) is 0 Å². The van der Waals surface area contributed by atoms with Crippen molar-refractivity contribution in [2.24, 2.45) is 0 Å². The third kappa shape index (κ3) is 2.88. The van der Waals surface area contributed by atoms with E-state index in [-0.39, 0.29) is 16.3 Å². The fourth-order valence-corrected chi connectivity index (χ4v) is 3.19. The first kappa shape index (κ1) is 17.7. The number of hydrogen-bond donors (Lipinski definition) is 0. The summed E-state index contributed by atoms with van der Waals surface area (Å²) in [4.78, 5) is 13.2. The van der Waals surface area contributed by atoms with E-state index in [4.69, 9.17) is 4.42 Å². The highest BCUT2D eigenvalue weighted by Gasteiger charge is 2.28. The maximum atomic E-state index is 13.2. The van der Waals surface area contributed by atoms with E-state index in [0.717, 1.165) is 24.0 Å². The van der Waals surface area contributed by atoms with Gasteiger partial charge in [-0.2, -0.15) is 0 Å². The molecule has 0 bridgehead atoms. The van der Waals surface area contributed by atoms with E-state index in [2.05, 4.69) is 47.6 Å². The van der Waals surface area contributed by atoms with Crippen molar-refractivity contribution in [3.05, 3.63) is 57.7 Å². The van der Waals surface area contributed by atoms with Gasteiger partial charge >= 0.3 is 0 Å². The van der Waals surface area contributed by atoms with Crippen molar-refractivity contribution in [1.82, 2.24) is 0 Å². The van der Waals surface area contributed by atoms with E-state index in [1.807, 2.05) is 30.3 Å². The van der Waals surface area contributed by atoms with Gasteiger partial charge in [0.15, 0.2) is 0 Å². The molecule has 132 valence electrons. The highest BCUT2D eigenvalue weighted by Crippen LogP contribution is 2.38. The van der Waals surface area contributed by atoms with Gasteiger partial charge in [-0.3, -0.25) is 4.79 Å². The van der Waals surface area contributed by atoms with Gasteiger partial charge in [-0.05, 0) is 47.4 Å². The summed E-state index contributed by atoms with van der Waals surface area (Å²) in [5, 5.41) is 1.36. The van der Waals surface area contributed by atoms with Crippen molar-refractivity contribution in [2.75, 3.05) is 0 Å². The summed E-state index contributed by atoms with van der Waals surface area (Å²) < 4.78 is 6.25. The molecule has 3 rings (SSSR count). The van der Waals surface area contributed by atoms with Gasteiger partial charge < -0.3 is 4.42 Å². The molecule has 2 heteroatoms. The normalized spacial score (nSPS) is 12.9. The van der Waals surface area contributed by atoms with Crippen LogP contribution in [0, 0.1) is 0 Å².